The molecule has 1 amide bonds. The van der Waals surface area contributed by atoms with Gasteiger partial charge in [-0.15, -0.1) is 0 Å². The summed E-state index contributed by atoms with van der Waals surface area (Å²) >= 11 is 0. The summed E-state index contributed by atoms with van der Waals surface area (Å²) in [6.45, 7) is 3.70. The summed E-state index contributed by atoms with van der Waals surface area (Å²) in [5.41, 5.74) is 1.18. The molecule has 2 aliphatic carbocycles. The van der Waals surface area contributed by atoms with Gasteiger partial charge < -0.3 is 5.32 Å². The second kappa shape index (κ2) is 5.98. The second-order valence-corrected chi connectivity index (χ2v) is 6.54. The molecule has 1 heterocycles. The van der Waals surface area contributed by atoms with Crippen LogP contribution in [0.5, 0.6) is 0 Å². The Morgan fingerprint density at radius 3 is 3.00 bits per heavy atom. The van der Waals surface area contributed by atoms with Crippen LogP contribution < -0.4 is 5.32 Å². The van der Waals surface area contributed by atoms with E-state index in [9.17, 15) is 4.79 Å². The molecule has 110 valence electrons. The minimum absolute atomic E-state index is 0.250. The molecule has 0 aromatic carbocycles. The zero-order valence-corrected chi connectivity index (χ0v) is 12.3. The lowest BCUT2D eigenvalue weighted by molar-refractivity contribution is -0.122. The third-order valence-electron chi connectivity index (χ3n) is 5.13. The SMILES string of the molecule is Cc1ccnn1CCCNC(=O)CC1CC2CCC1C2. The minimum Gasteiger partial charge on any atom is -0.356 e. The number of carbonyl (C=O) groups excluding carboxylic acids is 1. The fourth-order valence-electron chi connectivity index (χ4n) is 4.03. The quantitative estimate of drug-likeness (QED) is 0.811. The van der Waals surface area contributed by atoms with Crippen LogP contribution in [0.3, 0.4) is 0 Å². The van der Waals surface area contributed by atoms with Crippen molar-refractivity contribution in [2.45, 2.75) is 52.0 Å². The number of carbonyl (C=O) groups is 1. The van der Waals surface area contributed by atoms with Crippen molar-refractivity contribution in [2.24, 2.45) is 17.8 Å². The lowest BCUT2D eigenvalue weighted by atomic mass is 9.86. The standard InChI is InChI=1S/C16H25N3O/c1-12-5-7-18-19(12)8-2-6-17-16(20)11-15-10-13-3-4-14(15)9-13/h5,7,13-15H,2-4,6,8-11H2,1H3,(H,17,20). The van der Waals surface area contributed by atoms with Crippen molar-refractivity contribution < 1.29 is 4.79 Å². The predicted octanol–water partition coefficient (Wildman–Crippen LogP) is 2.52. The van der Waals surface area contributed by atoms with Crippen LogP contribution in [0.2, 0.25) is 0 Å². The van der Waals surface area contributed by atoms with Gasteiger partial charge in [0.1, 0.15) is 0 Å². The third kappa shape index (κ3) is 3.05. The zero-order valence-electron chi connectivity index (χ0n) is 12.3. The molecular weight excluding hydrogens is 250 g/mol. The molecule has 3 rings (SSSR count). The molecular formula is C16H25N3O. The molecule has 2 aliphatic rings. The number of aryl methyl sites for hydroxylation is 2. The van der Waals surface area contributed by atoms with E-state index in [1.165, 1.54) is 31.4 Å². The lowest BCUT2D eigenvalue weighted by Gasteiger charge is -2.20. The maximum atomic E-state index is 12.0. The van der Waals surface area contributed by atoms with Crippen molar-refractivity contribution in [1.82, 2.24) is 15.1 Å². The number of aromatic nitrogens is 2. The molecule has 3 unspecified atom stereocenters. The summed E-state index contributed by atoms with van der Waals surface area (Å²) in [6, 6.07) is 2.01. The molecule has 1 N–H and O–H groups in total. The van der Waals surface area contributed by atoms with E-state index in [4.69, 9.17) is 0 Å². The van der Waals surface area contributed by atoms with Gasteiger partial charge in [-0.2, -0.15) is 5.10 Å². The number of fused-ring (bicyclic) bond motifs is 2. The van der Waals surface area contributed by atoms with Gasteiger partial charge in [-0.25, -0.2) is 0 Å². The van der Waals surface area contributed by atoms with Crippen LogP contribution in [-0.2, 0) is 11.3 Å². The van der Waals surface area contributed by atoms with Gasteiger partial charge >= 0.3 is 0 Å². The monoisotopic (exact) mass is 275 g/mol. The van der Waals surface area contributed by atoms with Gasteiger partial charge in [0.05, 0.1) is 0 Å². The summed E-state index contributed by atoms with van der Waals surface area (Å²) in [5.74, 6) is 2.69. The molecule has 4 nitrogen and oxygen atoms in total. The molecule has 0 saturated heterocycles. The summed E-state index contributed by atoms with van der Waals surface area (Å²) in [6.07, 6.45) is 8.98. The molecule has 2 bridgehead atoms. The summed E-state index contributed by atoms with van der Waals surface area (Å²) in [7, 11) is 0. The van der Waals surface area contributed by atoms with Crippen molar-refractivity contribution >= 4 is 5.91 Å². The Hall–Kier alpha value is -1.32. The fourth-order valence-corrected chi connectivity index (χ4v) is 4.03. The minimum atomic E-state index is 0.250. The summed E-state index contributed by atoms with van der Waals surface area (Å²) in [5, 5.41) is 7.32. The van der Waals surface area contributed by atoms with Crippen molar-refractivity contribution in [3.63, 3.8) is 0 Å². The zero-order chi connectivity index (χ0) is 13.9. The molecule has 4 heteroatoms. The Balaban J connectivity index is 1.32. The van der Waals surface area contributed by atoms with E-state index >= 15 is 0 Å². The van der Waals surface area contributed by atoms with Crippen molar-refractivity contribution in [1.29, 1.82) is 0 Å². The maximum Gasteiger partial charge on any atom is 0.220 e. The van der Waals surface area contributed by atoms with Gasteiger partial charge in [-0.3, -0.25) is 9.48 Å². The number of rotatable bonds is 6. The fraction of sp³-hybridized carbons (Fsp3) is 0.750. The number of amides is 1. The van der Waals surface area contributed by atoms with E-state index < -0.39 is 0 Å². The Morgan fingerprint density at radius 1 is 1.45 bits per heavy atom. The number of nitrogens with one attached hydrogen (secondary N) is 1. The highest BCUT2D eigenvalue weighted by Crippen LogP contribution is 2.49. The first-order valence-electron chi connectivity index (χ1n) is 7.97. The first-order valence-corrected chi connectivity index (χ1v) is 7.97. The topological polar surface area (TPSA) is 46.9 Å². The van der Waals surface area contributed by atoms with Crippen molar-refractivity contribution in [3.8, 4) is 0 Å². The highest BCUT2D eigenvalue weighted by Gasteiger charge is 2.39. The largest absolute Gasteiger partial charge is 0.356 e. The Labute approximate surface area is 120 Å². The second-order valence-electron chi connectivity index (χ2n) is 6.54. The predicted molar refractivity (Wildman–Crippen MR) is 78.1 cm³/mol. The van der Waals surface area contributed by atoms with Crippen LogP contribution in [0.4, 0.5) is 0 Å². The molecule has 2 fully saturated rings. The normalized spacial score (nSPS) is 27.9. The molecule has 2 saturated carbocycles. The van der Waals surface area contributed by atoms with E-state index in [2.05, 4.69) is 17.3 Å². The van der Waals surface area contributed by atoms with Crippen LogP contribution >= 0.6 is 0 Å². The number of nitrogens with zero attached hydrogens (tertiary/aromatic N) is 2. The van der Waals surface area contributed by atoms with E-state index in [0.717, 1.165) is 37.8 Å². The van der Waals surface area contributed by atoms with Gasteiger partial charge in [0.15, 0.2) is 0 Å². The third-order valence-corrected chi connectivity index (χ3v) is 5.13. The van der Waals surface area contributed by atoms with Gasteiger partial charge in [0.2, 0.25) is 5.91 Å². The van der Waals surface area contributed by atoms with E-state index in [0.29, 0.717) is 5.92 Å². The van der Waals surface area contributed by atoms with Crippen LogP contribution in [0.1, 0.15) is 44.2 Å². The molecule has 0 spiro atoms. The lowest BCUT2D eigenvalue weighted by Crippen LogP contribution is -2.28. The Bertz CT molecular complexity index is 468. The summed E-state index contributed by atoms with van der Waals surface area (Å²) in [4.78, 5) is 12.0. The smallest absolute Gasteiger partial charge is 0.220 e. The van der Waals surface area contributed by atoms with Crippen molar-refractivity contribution in [2.75, 3.05) is 6.54 Å². The number of hydrogen-bond donors (Lipinski definition) is 1. The van der Waals surface area contributed by atoms with E-state index in [1.54, 1.807) is 0 Å². The highest BCUT2D eigenvalue weighted by molar-refractivity contribution is 5.76. The molecule has 1 aromatic rings. The molecule has 0 aliphatic heterocycles. The highest BCUT2D eigenvalue weighted by atomic mass is 16.1. The first-order chi connectivity index (χ1) is 9.72. The van der Waals surface area contributed by atoms with Gasteiger partial charge in [-0.05, 0) is 56.4 Å². The average molecular weight is 275 g/mol. The average Bonchev–Trinajstić information content (AvgIpc) is 3.12. The molecule has 1 aromatic heterocycles. The first kappa shape index (κ1) is 13.7. The van der Waals surface area contributed by atoms with Gasteiger partial charge in [-0.1, -0.05) is 6.42 Å². The van der Waals surface area contributed by atoms with Gasteiger partial charge in [0, 0.05) is 31.4 Å². The van der Waals surface area contributed by atoms with Crippen LogP contribution in [-0.4, -0.2) is 22.2 Å². The van der Waals surface area contributed by atoms with Crippen LogP contribution in [0, 0.1) is 24.7 Å². The van der Waals surface area contributed by atoms with E-state index in [-0.39, 0.29) is 5.91 Å². The van der Waals surface area contributed by atoms with Crippen LogP contribution in [0.15, 0.2) is 12.3 Å². The summed E-state index contributed by atoms with van der Waals surface area (Å²) < 4.78 is 1.99. The van der Waals surface area contributed by atoms with Crippen LogP contribution in [0.25, 0.3) is 0 Å². The van der Waals surface area contributed by atoms with E-state index in [1.807, 2.05) is 16.9 Å². The molecule has 0 radical (unpaired) electrons. The van der Waals surface area contributed by atoms with Gasteiger partial charge in [0.25, 0.3) is 0 Å². The molecule has 3 atom stereocenters. The number of hydrogen-bond acceptors (Lipinski definition) is 2. The Morgan fingerprint density at radius 2 is 2.35 bits per heavy atom. The van der Waals surface area contributed by atoms with Crippen molar-refractivity contribution in [3.05, 3.63) is 18.0 Å². The maximum absolute atomic E-state index is 12.0. The Kier molecular flexibility index (Phi) is 4.08. The molecule has 20 heavy (non-hydrogen) atoms.